The highest BCUT2D eigenvalue weighted by Crippen LogP contribution is 2.35. The summed E-state index contributed by atoms with van der Waals surface area (Å²) < 4.78 is 17.1. The maximum atomic E-state index is 5.98. The third-order valence-corrected chi connectivity index (χ3v) is 14.3. The van der Waals surface area contributed by atoms with E-state index in [1.165, 1.54) is 67.6 Å². The molecule has 0 radical (unpaired) electrons. The van der Waals surface area contributed by atoms with Crippen molar-refractivity contribution < 1.29 is 14.2 Å². The van der Waals surface area contributed by atoms with Gasteiger partial charge in [0.25, 0.3) is 0 Å². The highest BCUT2D eigenvalue weighted by atomic mass is 16.5. The molecule has 9 saturated heterocycles. The number of hydrogen-bond donors (Lipinski definition) is 3. The second-order valence-corrected chi connectivity index (χ2v) is 19.0. The van der Waals surface area contributed by atoms with Crippen LogP contribution in [0, 0.1) is 17.8 Å². The number of piperidine rings is 3. The second kappa shape index (κ2) is 21.6. The molecule has 12 heterocycles. The Labute approximate surface area is 396 Å². The van der Waals surface area contributed by atoms with E-state index in [0.717, 1.165) is 105 Å². The van der Waals surface area contributed by atoms with E-state index in [0.29, 0.717) is 18.1 Å². The number of aromatic nitrogens is 3. The first-order valence-electron chi connectivity index (χ1n) is 24.5. The third kappa shape index (κ3) is 11.3. The van der Waals surface area contributed by atoms with Gasteiger partial charge in [-0.25, -0.2) is 0 Å². The molecule has 9 aliphatic heterocycles. The quantitative estimate of drug-likeness (QED) is 0.129. The zero-order valence-electron chi connectivity index (χ0n) is 38.8. The first kappa shape index (κ1) is 44.6. The van der Waals surface area contributed by atoms with Crippen LogP contribution in [0.5, 0.6) is 28.7 Å². The number of hydrogen-bond acceptors (Lipinski definition) is 12. The molecule has 0 aliphatic carbocycles. The van der Waals surface area contributed by atoms with Gasteiger partial charge in [0.2, 0.25) is 0 Å². The van der Waals surface area contributed by atoms with Crippen LogP contribution in [0.15, 0.2) is 140 Å². The number of anilines is 3. The summed E-state index contributed by atoms with van der Waals surface area (Å²) in [4.78, 5) is 20.8. The summed E-state index contributed by atoms with van der Waals surface area (Å²) in [5, 5.41) is 10.7. The maximum absolute atomic E-state index is 5.98. The Morgan fingerprint density at radius 1 is 0.403 bits per heavy atom. The Hall–Kier alpha value is -6.21. The largest absolute Gasteiger partial charge is 0.497 e. The summed E-state index contributed by atoms with van der Waals surface area (Å²) in [6.07, 6.45) is 19.3. The summed E-state index contributed by atoms with van der Waals surface area (Å²) in [6, 6.07) is 36.3. The van der Waals surface area contributed by atoms with Crippen LogP contribution in [0.2, 0.25) is 0 Å². The van der Waals surface area contributed by atoms with Crippen LogP contribution in [0.25, 0.3) is 11.1 Å². The summed E-state index contributed by atoms with van der Waals surface area (Å²) in [5.41, 5.74) is 6.04. The Morgan fingerprint density at radius 3 is 1.37 bits per heavy atom. The molecule has 12 heteroatoms. The lowest BCUT2D eigenvalue weighted by Crippen LogP contribution is -2.43. The zero-order valence-corrected chi connectivity index (χ0v) is 38.8. The highest BCUT2D eigenvalue weighted by Gasteiger charge is 2.34. The summed E-state index contributed by atoms with van der Waals surface area (Å²) >= 11 is 0. The van der Waals surface area contributed by atoms with Gasteiger partial charge < -0.3 is 44.9 Å². The molecule has 348 valence electrons. The van der Waals surface area contributed by atoms with Crippen molar-refractivity contribution in [1.82, 2.24) is 30.9 Å². The van der Waals surface area contributed by atoms with Crippen molar-refractivity contribution >= 4 is 17.1 Å². The molecule has 3 aromatic heterocycles. The predicted molar refractivity (Wildman–Crippen MR) is 268 cm³/mol. The lowest BCUT2D eigenvalue weighted by molar-refractivity contribution is 0.404. The average Bonchev–Trinajstić information content (AvgIpc) is 4.05. The van der Waals surface area contributed by atoms with E-state index in [-0.39, 0.29) is 0 Å². The van der Waals surface area contributed by atoms with Gasteiger partial charge in [0.05, 0.1) is 55.2 Å². The fourth-order valence-corrected chi connectivity index (χ4v) is 10.8. The van der Waals surface area contributed by atoms with Crippen molar-refractivity contribution in [2.24, 2.45) is 17.8 Å². The number of nitrogens with zero attached hydrogens (tertiary/aromatic N) is 6. The van der Waals surface area contributed by atoms with E-state index in [1.807, 2.05) is 79.4 Å². The van der Waals surface area contributed by atoms with Gasteiger partial charge in [0.15, 0.2) is 0 Å². The molecular formula is C55H65N9O3. The first-order chi connectivity index (χ1) is 33.1. The number of para-hydroxylation sites is 1. The van der Waals surface area contributed by atoms with E-state index in [1.54, 1.807) is 19.5 Å². The topological polar surface area (TPSA) is 112 Å². The molecule has 3 aromatic carbocycles. The van der Waals surface area contributed by atoms with Gasteiger partial charge in [-0.2, -0.15) is 0 Å². The Morgan fingerprint density at radius 2 is 0.851 bits per heavy atom. The van der Waals surface area contributed by atoms with Crippen molar-refractivity contribution in [2.45, 2.75) is 56.7 Å². The Kier molecular flexibility index (Phi) is 14.4. The molecule has 0 spiro atoms. The third-order valence-electron chi connectivity index (χ3n) is 14.3. The molecule has 9 fully saturated rings. The van der Waals surface area contributed by atoms with Crippen molar-refractivity contribution in [1.29, 1.82) is 0 Å². The number of pyridine rings is 3. The molecule has 9 aliphatic rings. The van der Waals surface area contributed by atoms with Crippen LogP contribution >= 0.6 is 0 Å². The SMILES string of the molecule is COc1cccc(Oc2cncc(N3CC4CCC3CNC4)c2)c1.c1ccc(-c2cncc(N3CC4CCC3CNC4)c2)cc1.c1ccc(Oc2cncc(N3CC4CCC3CNC4)c2)cc1. The standard InChI is InChI=1S/C19H23N3O2.C18H21N3O.C18H21N3/c1-23-17-3-2-4-18(8-17)24-19-7-16(11-21-12-19)22-13-14-5-6-15(22)10-20-9-14;1-2-4-17(5-3-1)22-18-8-16(11-20-12-18)21-13-14-6-7-15(21)10-19-9-14;1-2-4-15(5-3-1)16-8-18(12-20-10-16)21-13-14-6-7-17(21)11-19-9-14/h2-4,7-8,11-12,14-15,20H,5-6,9-10,13H2,1H3;1-5,8,11-12,14-15,19H,6-7,9-10,13H2;1-5,8,10,12,14,17,19H,6-7,9,11,13H2. The van der Waals surface area contributed by atoms with Crippen LogP contribution in [0.1, 0.15) is 38.5 Å². The van der Waals surface area contributed by atoms with Gasteiger partial charge in [-0.15, -0.1) is 0 Å². The first-order valence-corrected chi connectivity index (χ1v) is 24.5. The van der Waals surface area contributed by atoms with Gasteiger partial charge in [-0.3, -0.25) is 15.0 Å². The van der Waals surface area contributed by atoms with E-state index < -0.39 is 0 Å². The second-order valence-electron chi connectivity index (χ2n) is 19.0. The van der Waals surface area contributed by atoms with Crippen LogP contribution in [-0.4, -0.2) is 99.1 Å². The summed E-state index contributed by atoms with van der Waals surface area (Å²) in [6.45, 7) is 10.0. The van der Waals surface area contributed by atoms with E-state index in [2.05, 4.69) is 94.1 Å². The lowest BCUT2D eigenvalue weighted by Gasteiger charge is -2.37. The fourth-order valence-electron chi connectivity index (χ4n) is 10.8. The minimum absolute atomic E-state index is 0.553. The van der Waals surface area contributed by atoms with Crippen molar-refractivity contribution in [3.05, 3.63) is 140 Å². The predicted octanol–water partition coefficient (Wildman–Crippen LogP) is 9.07. The molecule has 6 atom stereocenters. The van der Waals surface area contributed by atoms with Gasteiger partial charge in [0, 0.05) is 87.4 Å². The molecule has 6 unspecified atom stereocenters. The zero-order chi connectivity index (χ0) is 45.2. The van der Waals surface area contributed by atoms with Crippen LogP contribution in [0.3, 0.4) is 0 Å². The van der Waals surface area contributed by atoms with Crippen molar-refractivity contribution in [2.75, 3.05) is 80.7 Å². The molecule has 0 amide bonds. The molecule has 6 aromatic rings. The monoisotopic (exact) mass is 900 g/mol. The Balaban J connectivity index is 0.000000118. The van der Waals surface area contributed by atoms with Crippen LogP contribution < -0.4 is 44.9 Å². The van der Waals surface area contributed by atoms with Crippen LogP contribution in [0.4, 0.5) is 17.1 Å². The number of nitrogens with one attached hydrogen (secondary N) is 3. The molecule has 67 heavy (non-hydrogen) atoms. The van der Waals surface area contributed by atoms with E-state index >= 15 is 0 Å². The van der Waals surface area contributed by atoms with E-state index in [9.17, 15) is 0 Å². The fraction of sp³-hybridized carbons (Fsp3) is 0.400. The molecule has 15 rings (SSSR count). The minimum Gasteiger partial charge on any atom is -0.497 e. The van der Waals surface area contributed by atoms with Gasteiger partial charge in [-0.1, -0.05) is 54.6 Å². The van der Waals surface area contributed by atoms with Gasteiger partial charge in [0.1, 0.15) is 28.7 Å². The lowest BCUT2D eigenvalue weighted by atomic mass is 9.94. The average molecular weight is 900 g/mol. The number of benzene rings is 3. The normalized spacial score (nSPS) is 23.9. The maximum Gasteiger partial charge on any atom is 0.147 e. The van der Waals surface area contributed by atoms with Gasteiger partial charge in [-0.05, 0) is 112 Å². The summed E-state index contributed by atoms with van der Waals surface area (Å²) in [5.74, 6) is 6.21. The number of rotatable bonds is 9. The molecule has 6 bridgehead atoms. The molecular weight excluding hydrogens is 835 g/mol. The molecule has 3 N–H and O–H groups in total. The van der Waals surface area contributed by atoms with E-state index in [4.69, 9.17) is 14.2 Å². The van der Waals surface area contributed by atoms with Crippen molar-refractivity contribution in [3.8, 4) is 39.9 Å². The Bertz CT molecular complexity index is 2480. The molecule has 12 nitrogen and oxygen atoms in total. The highest BCUT2D eigenvalue weighted by molar-refractivity contribution is 5.67. The van der Waals surface area contributed by atoms with Crippen molar-refractivity contribution in [3.63, 3.8) is 0 Å². The number of methoxy groups -OCH3 is 1. The van der Waals surface area contributed by atoms with Crippen LogP contribution in [-0.2, 0) is 0 Å². The molecule has 0 saturated carbocycles. The number of ether oxygens (including phenoxy) is 3. The number of fused-ring (bicyclic) bond motifs is 12. The summed E-state index contributed by atoms with van der Waals surface area (Å²) in [7, 11) is 1.66. The van der Waals surface area contributed by atoms with Gasteiger partial charge >= 0.3 is 0 Å². The smallest absolute Gasteiger partial charge is 0.147 e. The minimum atomic E-state index is 0.553.